The highest BCUT2D eigenvalue weighted by molar-refractivity contribution is 5.47. The molecule has 0 saturated carbocycles. The van der Waals surface area contributed by atoms with Gasteiger partial charge in [-0.2, -0.15) is 0 Å². The van der Waals surface area contributed by atoms with Crippen molar-refractivity contribution in [2.75, 3.05) is 30.3 Å². The highest BCUT2D eigenvalue weighted by Crippen LogP contribution is 2.23. The van der Waals surface area contributed by atoms with E-state index in [1.54, 1.807) is 0 Å². The zero-order valence-corrected chi connectivity index (χ0v) is 15.7. The van der Waals surface area contributed by atoms with E-state index in [1.165, 1.54) is 16.8 Å². The lowest BCUT2D eigenvalue weighted by Gasteiger charge is -2.42. The Hall–Kier alpha value is -2.78. The number of nitrogen functional groups attached to an aromatic ring is 1. The molecule has 138 valence electrons. The lowest BCUT2D eigenvalue weighted by Crippen LogP contribution is -2.53. The van der Waals surface area contributed by atoms with Crippen LogP contribution in [0, 0.1) is 0 Å². The van der Waals surface area contributed by atoms with Crippen molar-refractivity contribution >= 4 is 11.4 Å². The van der Waals surface area contributed by atoms with Crippen LogP contribution in [0.25, 0.3) is 0 Å². The van der Waals surface area contributed by atoms with Crippen molar-refractivity contribution in [1.82, 2.24) is 4.90 Å². The zero-order valence-electron chi connectivity index (χ0n) is 15.7. The van der Waals surface area contributed by atoms with E-state index in [0.29, 0.717) is 6.04 Å². The number of hydrogen-bond acceptors (Lipinski definition) is 3. The maximum Gasteiger partial charge on any atom is 0.0367 e. The SMILES string of the molecule is Nc1ccc(CC2CN(c3ccccc3)CCN2Cc2ccccc2)cc1. The van der Waals surface area contributed by atoms with Crippen LogP contribution in [0.5, 0.6) is 0 Å². The van der Waals surface area contributed by atoms with E-state index in [1.807, 2.05) is 12.1 Å². The predicted molar refractivity (Wildman–Crippen MR) is 114 cm³/mol. The molecule has 1 heterocycles. The Morgan fingerprint density at radius 3 is 2.11 bits per heavy atom. The second kappa shape index (κ2) is 8.28. The van der Waals surface area contributed by atoms with Gasteiger partial charge in [-0.25, -0.2) is 0 Å². The normalized spacial score (nSPS) is 17.8. The molecule has 2 N–H and O–H groups in total. The molecule has 3 nitrogen and oxygen atoms in total. The highest BCUT2D eigenvalue weighted by atomic mass is 15.3. The molecule has 3 aromatic rings. The summed E-state index contributed by atoms with van der Waals surface area (Å²) in [5.41, 5.74) is 10.7. The fourth-order valence-corrected chi connectivity index (χ4v) is 3.91. The third-order valence-corrected chi connectivity index (χ3v) is 5.41. The molecule has 0 aromatic heterocycles. The molecule has 0 radical (unpaired) electrons. The summed E-state index contributed by atoms with van der Waals surface area (Å²) in [6.45, 7) is 4.18. The molecule has 0 spiro atoms. The first-order chi connectivity index (χ1) is 13.3. The average molecular weight is 358 g/mol. The molecule has 1 saturated heterocycles. The average Bonchev–Trinajstić information content (AvgIpc) is 2.72. The van der Waals surface area contributed by atoms with E-state index in [0.717, 1.165) is 38.3 Å². The Morgan fingerprint density at radius 2 is 1.41 bits per heavy atom. The Kier molecular flexibility index (Phi) is 5.40. The standard InChI is InChI=1S/C24H27N3/c25-22-13-11-20(12-14-22)17-24-19-27(23-9-5-2-6-10-23)16-15-26(24)18-21-7-3-1-4-8-21/h1-14,24H,15-19,25H2. The number of hydrogen-bond donors (Lipinski definition) is 1. The van der Waals surface area contributed by atoms with Crippen molar-refractivity contribution in [1.29, 1.82) is 0 Å². The Labute approximate surface area is 162 Å². The summed E-state index contributed by atoms with van der Waals surface area (Å²) in [5, 5.41) is 0. The first-order valence-electron chi connectivity index (χ1n) is 9.70. The van der Waals surface area contributed by atoms with E-state index in [2.05, 4.69) is 82.6 Å². The summed E-state index contributed by atoms with van der Waals surface area (Å²) in [7, 11) is 0. The van der Waals surface area contributed by atoms with Gasteiger partial charge in [-0.15, -0.1) is 0 Å². The molecule has 3 heteroatoms. The first-order valence-corrected chi connectivity index (χ1v) is 9.70. The number of rotatable bonds is 5. The summed E-state index contributed by atoms with van der Waals surface area (Å²) >= 11 is 0. The molecule has 4 rings (SSSR count). The Balaban J connectivity index is 1.53. The number of anilines is 2. The van der Waals surface area contributed by atoms with Gasteiger partial charge in [0.15, 0.2) is 0 Å². The number of para-hydroxylation sites is 1. The second-order valence-corrected chi connectivity index (χ2v) is 7.34. The minimum absolute atomic E-state index is 0.475. The molecule has 1 unspecified atom stereocenters. The van der Waals surface area contributed by atoms with Gasteiger partial charge in [-0.3, -0.25) is 4.90 Å². The van der Waals surface area contributed by atoms with Gasteiger partial charge < -0.3 is 10.6 Å². The Morgan fingerprint density at radius 1 is 0.741 bits per heavy atom. The molecule has 27 heavy (non-hydrogen) atoms. The van der Waals surface area contributed by atoms with Crippen molar-refractivity contribution in [3.63, 3.8) is 0 Å². The molecular weight excluding hydrogens is 330 g/mol. The van der Waals surface area contributed by atoms with Crippen molar-refractivity contribution < 1.29 is 0 Å². The van der Waals surface area contributed by atoms with Gasteiger partial charge in [0.2, 0.25) is 0 Å². The summed E-state index contributed by atoms with van der Waals surface area (Å²) in [5.74, 6) is 0. The van der Waals surface area contributed by atoms with Crippen molar-refractivity contribution in [2.45, 2.75) is 19.0 Å². The second-order valence-electron chi connectivity index (χ2n) is 7.34. The van der Waals surface area contributed by atoms with Gasteiger partial charge in [0.05, 0.1) is 0 Å². The van der Waals surface area contributed by atoms with Crippen molar-refractivity contribution in [3.8, 4) is 0 Å². The summed E-state index contributed by atoms with van der Waals surface area (Å²) in [6, 6.07) is 30.4. The zero-order chi connectivity index (χ0) is 18.5. The highest BCUT2D eigenvalue weighted by Gasteiger charge is 2.27. The third kappa shape index (κ3) is 4.50. The van der Waals surface area contributed by atoms with E-state index < -0.39 is 0 Å². The fourth-order valence-electron chi connectivity index (χ4n) is 3.91. The van der Waals surface area contributed by atoms with Gasteiger partial charge in [-0.05, 0) is 41.8 Å². The van der Waals surface area contributed by atoms with E-state index in [-0.39, 0.29) is 0 Å². The van der Waals surface area contributed by atoms with Crippen LogP contribution in [-0.2, 0) is 13.0 Å². The monoisotopic (exact) mass is 357 g/mol. The molecule has 1 atom stereocenters. The summed E-state index contributed by atoms with van der Waals surface area (Å²) in [6.07, 6.45) is 1.04. The number of benzene rings is 3. The third-order valence-electron chi connectivity index (χ3n) is 5.41. The lowest BCUT2D eigenvalue weighted by atomic mass is 10.0. The predicted octanol–water partition coefficient (Wildman–Crippen LogP) is 4.20. The first kappa shape index (κ1) is 17.6. The topological polar surface area (TPSA) is 32.5 Å². The smallest absolute Gasteiger partial charge is 0.0367 e. The fraction of sp³-hybridized carbons (Fsp3) is 0.250. The number of nitrogens with two attached hydrogens (primary N) is 1. The Bertz CT molecular complexity index is 831. The minimum atomic E-state index is 0.475. The van der Waals surface area contributed by atoms with Crippen LogP contribution in [0.4, 0.5) is 11.4 Å². The van der Waals surface area contributed by atoms with Crippen molar-refractivity contribution in [3.05, 3.63) is 96.1 Å². The van der Waals surface area contributed by atoms with Crippen molar-refractivity contribution in [2.24, 2.45) is 0 Å². The molecule has 1 aliphatic heterocycles. The largest absolute Gasteiger partial charge is 0.399 e. The molecule has 3 aromatic carbocycles. The number of piperazine rings is 1. The number of nitrogens with zero attached hydrogens (tertiary/aromatic N) is 2. The van der Waals surface area contributed by atoms with Crippen LogP contribution >= 0.6 is 0 Å². The van der Waals surface area contributed by atoms with Gasteiger partial charge in [0, 0.05) is 43.6 Å². The summed E-state index contributed by atoms with van der Waals surface area (Å²) in [4.78, 5) is 5.15. The van der Waals surface area contributed by atoms with Crippen LogP contribution in [0.1, 0.15) is 11.1 Å². The molecule has 1 aliphatic rings. The molecule has 0 aliphatic carbocycles. The molecular formula is C24H27N3. The van der Waals surface area contributed by atoms with Gasteiger partial charge in [0.25, 0.3) is 0 Å². The molecule has 0 bridgehead atoms. The van der Waals surface area contributed by atoms with Gasteiger partial charge >= 0.3 is 0 Å². The van der Waals surface area contributed by atoms with E-state index >= 15 is 0 Å². The van der Waals surface area contributed by atoms with Crippen LogP contribution in [0.2, 0.25) is 0 Å². The molecule has 1 fully saturated rings. The minimum Gasteiger partial charge on any atom is -0.399 e. The van der Waals surface area contributed by atoms with Crippen LogP contribution in [0.15, 0.2) is 84.9 Å². The van der Waals surface area contributed by atoms with Crippen LogP contribution < -0.4 is 10.6 Å². The summed E-state index contributed by atoms with van der Waals surface area (Å²) < 4.78 is 0. The van der Waals surface area contributed by atoms with Crippen LogP contribution in [-0.4, -0.2) is 30.6 Å². The lowest BCUT2D eigenvalue weighted by molar-refractivity contribution is 0.167. The van der Waals surface area contributed by atoms with E-state index in [4.69, 9.17) is 5.73 Å². The maximum atomic E-state index is 5.87. The van der Waals surface area contributed by atoms with Gasteiger partial charge in [0.1, 0.15) is 0 Å². The van der Waals surface area contributed by atoms with Crippen LogP contribution in [0.3, 0.4) is 0 Å². The van der Waals surface area contributed by atoms with Gasteiger partial charge in [-0.1, -0.05) is 60.7 Å². The quantitative estimate of drug-likeness (QED) is 0.695. The maximum absolute atomic E-state index is 5.87. The van der Waals surface area contributed by atoms with E-state index in [9.17, 15) is 0 Å². The molecule has 0 amide bonds.